The first-order valence-corrected chi connectivity index (χ1v) is 9.50. The molecule has 2 aromatic carbocycles. The van der Waals surface area contributed by atoms with E-state index in [-0.39, 0.29) is 5.75 Å². The van der Waals surface area contributed by atoms with Gasteiger partial charge in [-0.1, -0.05) is 30.3 Å². The second-order valence-corrected chi connectivity index (χ2v) is 7.23. The number of aryl methyl sites for hydroxylation is 1. The first-order chi connectivity index (χ1) is 14.4. The van der Waals surface area contributed by atoms with Crippen molar-refractivity contribution in [3.8, 4) is 16.9 Å². The maximum atomic E-state index is 12.2. The molecule has 3 aromatic rings. The summed E-state index contributed by atoms with van der Waals surface area (Å²) in [5, 5.41) is 40.1. The topological polar surface area (TPSA) is 130 Å². The van der Waals surface area contributed by atoms with Gasteiger partial charge in [0, 0.05) is 17.0 Å². The molecule has 1 aliphatic heterocycles. The van der Waals surface area contributed by atoms with Gasteiger partial charge in [-0.3, -0.25) is 0 Å². The Hall–Kier alpha value is -2.75. The molecule has 8 heteroatoms. The zero-order chi connectivity index (χ0) is 21.4. The average molecular weight is 414 g/mol. The molecule has 30 heavy (non-hydrogen) atoms. The monoisotopic (exact) mass is 414 g/mol. The number of aliphatic hydroxyl groups excluding tert-OH is 4. The summed E-state index contributed by atoms with van der Waals surface area (Å²) in [6.45, 7) is 1.14. The molecular formula is C22H22O8. The summed E-state index contributed by atoms with van der Waals surface area (Å²) in [6.07, 6.45) is -6.99. The highest BCUT2D eigenvalue weighted by molar-refractivity contribution is 5.95. The van der Waals surface area contributed by atoms with Crippen LogP contribution in [0.5, 0.6) is 5.75 Å². The van der Waals surface area contributed by atoms with Crippen molar-refractivity contribution < 1.29 is 34.3 Å². The van der Waals surface area contributed by atoms with Crippen LogP contribution in [0.1, 0.15) is 5.56 Å². The number of aliphatic hydroxyl groups is 4. The van der Waals surface area contributed by atoms with Crippen molar-refractivity contribution in [2.24, 2.45) is 0 Å². The minimum Gasteiger partial charge on any atom is -0.462 e. The summed E-state index contributed by atoms with van der Waals surface area (Å²) >= 11 is 0. The van der Waals surface area contributed by atoms with Crippen molar-refractivity contribution in [1.29, 1.82) is 0 Å². The zero-order valence-electron chi connectivity index (χ0n) is 16.1. The smallest absolute Gasteiger partial charge is 0.336 e. The van der Waals surface area contributed by atoms with E-state index in [1.54, 1.807) is 19.1 Å². The lowest BCUT2D eigenvalue weighted by molar-refractivity contribution is -0.277. The SMILES string of the molecule is Cc1c(O[C@H]2O[C@H](CO)[C@H](O)[C@H](O)[C@H]2O)ccc2c(-c3ccccc3)cc(=O)oc12. The summed E-state index contributed by atoms with van der Waals surface area (Å²) in [4.78, 5) is 12.2. The highest BCUT2D eigenvalue weighted by Crippen LogP contribution is 2.34. The largest absolute Gasteiger partial charge is 0.462 e. The number of benzene rings is 2. The maximum Gasteiger partial charge on any atom is 0.336 e. The predicted molar refractivity (Wildman–Crippen MR) is 107 cm³/mol. The molecule has 1 aromatic heterocycles. The van der Waals surface area contributed by atoms with Crippen LogP contribution < -0.4 is 10.4 Å². The van der Waals surface area contributed by atoms with Crippen molar-refractivity contribution in [2.45, 2.75) is 37.6 Å². The van der Waals surface area contributed by atoms with E-state index in [9.17, 15) is 25.2 Å². The molecule has 0 amide bonds. The molecule has 158 valence electrons. The Morgan fingerprint density at radius 3 is 2.43 bits per heavy atom. The molecule has 1 fully saturated rings. The standard InChI is InChI=1S/C22H22O8/c1-11-15(28-22-20(27)19(26)18(25)16(10-23)29-22)8-7-13-14(9-17(24)30-21(11)13)12-5-3-2-4-6-12/h2-9,16,18-20,22-23,25-27H,10H2,1H3/t16-,18+,19+,20-,22+/m1/s1. The quantitative estimate of drug-likeness (QED) is 0.465. The van der Waals surface area contributed by atoms with Gasteiger partial charge in [0.25, 0.3) is 0 Å². The van der Waals surface area contributed by atoms with E-state index in [1.165, 1.54) is 6.07 Å². The molecule has 0 unspecified atom stereocenters. The summed E-state index contributed by atoms with van der Waals surface area (Å²) in [5.41, 5.74) is 1.87. The highest BCUT2D eigenvalue weighted by atomic mass is 16.7. The van der Waals surface area contributed by atoms with Gasteiger partial charge in [0.2, 0.25) is 6.29 Å². The van der Waals surface area contributed by atoms with Gasteiger partial charge in [-0.2, -0.15) is 0 Å². The molecule has 0 saturated carbocycles. The molecule has 8 nitrogen and oxygen atoms in total. The number of hydrogen-bond donors (Lipinski definition) is 4. The minimum atomic E-state index is -1.55. The molecule has 4 N–H and O–H groups in total. The van der Waals surface area contributed by atoms with Crippen molar-refractivity contribution >= 4 is 11.0 Å². The number of hydrogen-bond acceptors (Lipinski definition) is 8. The summed E-state index contributed by atoms with van der Waals surface area (Å²) in [6, 6.07) is 14.2. The Balaban J connectivity index is 1.73. The van der Waals surface area contributed by atoms with Gasteiger partial charge in [-0.05, 0) is 30.2 Å². The van der Waals surface area contributed by atoms with Crippen LogP contribution >= 0.6 is 0 Å². The number of ether oxygens (including phenoxy) is 2. The second-order valence-electron chi connectivity index (χ2n) is 7.23. The van der Waals surface area contributed by atoms with E-state index in [1.807, 2.05) is 30.3 Å². The van der Waals surface area contributed by atoms with Gasteiger partial charge in [0.05, 0.1) is 6.61 Å². The lowest BCUT2D eigenvalue weighted by Gasteiger charge is -2.39. The van der Waals surface area contributed by atoms with Crippen LogP contribution in [0.15, 0.2) is 57.7 Å². The molecule has 2 heterocycles. The molecule has 0 bridgehead atoms. The lowest BCUT2D eigenvalue weighted by atomic mass is 9.99. The van der Waals surface area contributed by atoms with Crippen LogP contribution in [0.2, 0.25) is 0 Å². The second kappa shape index (κ2) is 8.17. The third-order valence-corrected chi connectivity index (χ3v) is 5.29. The first-order valence-electron chi connectivity index (χ1n) is 9.50. The molecule has 0 radical (unpaired) electrons. The first kappa shape index (κ1) is 20.5. The summed E-state index contributed by atoms with van der Waals surface area (Å²) in [7, 11) is 0. The van der Waals surface area contributed by atoms with Crippen molar-refractivity contribution in [1.82, 2.24) is 0 Å². The van der Waals surface area contributed by atoms with Gasteiger partial charge in [0.1, 0.15) is 35.7 Å². The molecule has 1 aliphatic rings. The third-order valence-electron chi connectivity index (χ3n) is 5.29. The fourth-order valence-electron chi connectivity index (χ4n) is 3.62. The third kappa shape index (κ3) is 3.60. The van der Waals surface area contributed by atoms with Crippen LogP contribution in [-0.2, 0) is 4.74 Å². The Kier molecular flexibility index (Phi) is 5.59. The fraction of sp³-hybridized carbons (Fsp3) is 0.318. The Bertz CT molecular complexity index is 1090. The number of fused-ring (bicyclic) bond motifs is 1. The summed E-state index contributed by atoms with van der Waals surface area (Å²) in [5.74, 6) is 0.264. The Labute approximate surface area is 171 Å². The van der Waals surface area contributed by atoms with E-state index >= 15 is 0 Å². The van der Waals surface area contributed by atoms with E-state index in [0.29, 0.717) is 22.1 Å². The number of rotatable bonds is 4. The van der Waals surface area contributed by atoms with Crippen LogP contribution in [0.25, 0.3) is 22.1 Å². The minimum absolute atomic E-state index is 0.264. The zero-order valence-corrected chi connectivity index (χ0v) is 16.1. The Morgan fingerprint density at radius 1 is 1.00 bits per heavy atom. The molecular weight excluding hydrogens is 392 g/mol. The van der Waals surface area contributed by atoms with Gasteiger partial charge in [0.15, 0.2) is 0 Å². The van der Waals surface area contributed by atoms with Crippen molar-refractivity contribution in [2.75, 3.05) is 6.61 Å². The van der Waals surface area contributed by atoms with Gasteiger partial charge >= 0.3 is 5.63 Å². The lowest BCUT2D eigenvalue weighted by Crippen LogP contribution is -2.60. The van der Waals surface area contributed by atoms with E-state index in [2.05, 4.69) is 0 Å². The average Bonchev–Trinajstić information content (AvgIpc) is 2.76. The highest BCUT2D eigenvalue weighted by Gasteiger charge is 2.44. The van der Waals surface area contributed by atoms with Crippen molar-refractivity contribution in [3.05, 3.63) is 64.5 Å². The molecule has 0 aliphatic carbocycles. The molecule has 1 saturated heterocycles. The van der Waals surface area contributed by atoms with Gasteiger partial charge in [-0.15, -0.1) is 0 Å². The predicted octanol–water partition coefficient (Wildman–Crippen LogP) is 0.947. The van der Waals surface area contributed by atoms with Crippen molar-refractivity contribution in [3.63, 3.8) is 0 Å². The van der Waals surface area contributed by atoms with E-state index in [4.69, 9.17) is 13.9 Å². The van der Waals surface area contributed by atoms with E-state index in [0.717, 1.165) is 5.56 Å². The molecule has 4 rings (SSSR count). The van der Waals surface area contributed by atoms with Crippen LogP contribution in [0, 0.1) is 6.92 Å². The van der Waals surface area contributed by atoms with Gasteiger partial charge < -0.3 is 34.3 Å². The van der Waals surface area contributed by atoms with Gasteiger partial charge in [-0.25, -0.2) is 4.79 Å². The van der Waals surface area contributed by atoms with Crippen LogP contribution in [0.4, 0.5) is 0 Å². The molecule has 0 spiro atoms. The fourth-order valence-corrected chi connectivity index (χ4v) is 3.62. The van der Waals surface area contributed by atoms with Crippen LogP contribution in [0.3, 0.4) is 0 Å². The van der Waals surface area contributed by atoms with E-state index < -0.39 is 42.9 Å². The maximum absolute atomic E-state index is 12.2. The summed E-state index contributed by atoms with van der Waals surface area (Å²) < 4.78 is 16.5. The normalized spacial score (nSPS) is 26.6. The van der Waals surface area contributed by atoms with Crippen LogP contribution in [-0.4, -0.2) is 57.7 Å². The Morgan fingerprint density at radius 2 is 1.73 bits per heavy atom. The molecule has 5 atom stereocenters.